The smallest absolute Gasteiger partial charge is 0.219 e. The number of likely N-dealkylation sites (tertiary alicyclic amines) is 1. The summed E-state index contributed by atoms with van der Waals surface area (Å²) in [7, 11) is 0. The molecule has 112 valence electrons. The van der Waals surface area contributed by atoms with Gasteiger partial charge in [-0.15, -0.1) is 0 Å². The fourth-order valence-electron chi connectivity index (χ4n) is 3.62. The Hall–Kier alpha value is -1.61. The van der Waals surface area contributed by atoms with Gasteiger partial charge in [-0.1, -0.05) is 12.1 Å². The highest BCUT2D eigenvalue weighted by Gasteiger charge is 2.26. The summed E-state index contributed by atoms with van der Waals surface area (Å²) >= 11 is 0. The Morgan fingerprint density at radius 1 is 1.33 bits per heavy atom. The van der Waals surface area contributed by atoms with E-state index in [4.69, 9.17) is 0 Å². The summed E-state index contributed by atoms with van der Waals surface area (Å²) in [5.74, 6) is 0.284. The van der Waals surface area contributed by atoms with Gasteiger partial charge in [0.15, 0.2) is 0 Å². The SMILES string of the molecule is Cc1ccc2c(C(=O)C[NH+]3CCCC[C@H]3C)c(C)[nH]c2c1. The molecular weight excluding hydrogens is 260 g/mol. The van der Waals surface area contributed by atoms with Crippen LogP contribution in [0.3, 0.4) is 0 Å². The number of carbonyl (C=O) groups is 1. The van der Waals surface area contributed by atoms with E-state index >= 15 is 0 Å². The Balaban J connectivity index is 1.89. The van der Waals surface area contributed by atoms with Crippen LogP contribution in [0.1, 0.15) is 47.8 Å². The van der Waals surface area contributed by atoms with Crippen LogP contribution in [-0.2, 0) is 0 Å². The summed E-state index contributed by atoms with van der Waals surface area (Å²) in [4.78, 5) is 17.6. The predicted octanol–water partition coefficient (Wildman–Crippen LogP) is 2.42. The molecule has 2 N–H and O–H groups in total. The molecule has 1 fully saturated rings. The van der Waals surface area contributed by atoms with Gasteiger partial charge in [0.05, 0.1) is 18.2 Å². The molecule has 3 nitrogen and oxygen atoms in total. The molecule has 1 unspecified atom stereocenters. The van der Waals surface area contributed by atoms with E-state index in [1.807, 2.05) is 6.92 Å². The number of ketones is 1. The third-order valence-corrected chi connectivity index (χ3v) is 4.89. The molecule has 0 amide bonds. The Morgan fingerprint density at radius 2 is 2.14 bits per heavy atom. The lowest BCUT2D eigenvalue weighted by Crippen LogP contribution is -3.16. The molecule has 2 aromatic rings. The molecule has 2 heterocycles. The molecule has 0 saturated carbocycles. The maximum absolute atomic E-state index is 12.8. The summed E-state index contributed by atoms with van der Waals surface area (Å²) in [5.41, 5.74) is 4.20. The van der Waals surface area contributed by atoms with Crippen molar-refractivity contribution in [3.8, 4) is 0 Å². The predicted molar refractivity (Wildman–Crippen MR) is 86.1 cm³/mol. The maximum atomic E-state index is 12.8. The molecule has 3 rings (SSSR count). The highest BCUT2D eigenvalue weighted by Crippen LogP contribution is 2.23. The molecule has 0 radical (unpaired) electrons. The van der Waals surface area contributed by atoms with Crippen molar-refractivity contribution in [2.24, 2.45) is 0 Å². The van der Waals surface area contributed by atoms with Crippen molar-refractivity contribution >= 4 is 16.7 Å². The molecule has 1 aliphatic rings. The van der Waals surface area contributed by atoms with Gasteiger partial charge in [-0.05, 0) is 51.7 Å². The Kier molecular flexibility index (Phi) is 3.85. The van der Waals surface area contributed by atoms with Crippen molar-refractivity contribution in [2.45, 2.75) is 46.1 Å². The van der Waals surface area contributed by atoms with Gasteiger partial charge in [-0.3, -0.25) is 4.79 Å². The third-order valence-electron chi connectivity index (χ3n) is 4.89. The van der Waals surface area contributed by atoms with Crippen molar-refractivity contribution in [2.75, 3.05) is 13.1 Å². The number of H-pyrrole nitrogens is 1. The zero-order valence-electron chi connectivity index (χ0n) is 13.3. The lowest BCUT2D eigenvalue weighted by molar-refractivity contribution is -0.920. The molecule has 1 aliphatic heterocycles. The first-order valence-corrected chi connectivity index (χ1v) is 8.03. The quantitative estimate of drug-likeness (QED) is 0.835. The number of Topliss-reactive ketones (excluding diaryl/α,β-unsaturated/α-hetero) is 1. The highest BCUT2D eigenvalue weighted by atomic mass is 16.1. The second-order valence-electron chi connectivity index (χ2n) is 6.58. The second kappa shape index (κ2) is 5.64. The number of nitrogens with one attached hydrogen (secondary N) is 2. The molecule has 2 atom stereocenters. The maximum Gasteiger partial charge on any atom is 0.219 e. The Morgan fingerprint density at radius 3 is 2.90 bits per heavy atom. The average Bonchev–Trinajstić information content (AvgIpc) is 2.76. The monoisotopic (exact) mass is 285 g/mol. The van der Waals surface area contributed by atoms with E-state index in [1.54, 1.807) is 0 Å². The minimum atomic E-state index is 0.284. The number of hydrogen-bond acceptors (Lipinski definition) is 1. The van der Waals surface area contributed by atoms with Gasteiger partial charge < -0.3 is 9.88 Å². The van der Waals surface area contributed by atoms with E-state index in [0.717, 1.165) is 28.7 Å². The first-order valence-electron chi connectivity index (χ1n) is 8.03. The number of aromatic amines is 1. The summed E-state index contributed by atoms with van der Waals surface area (Å²) in [6.07, 6.45) is 3.80. The molecule has 1 aromatic carbocycles. The van der Waals surface area contributed by atoms with Gasteiger partial charge in [-0.2, -0.15) is 0 Å². The fourth-order valence-corrected chi connectivity index (χ4v) is 3.62. The van der Waals surface area contributed by atoms with Gasteiger partial charge in [0, 0.05) is 16.6 Å². The van der Waals surface area contributed by atoms with E-state index in [9.17, 15) is 4.79 Å². The number of benzene rings is 1. The van der Waals surface area contributed by atoms with E-state index in [-0.39, 0.29) is 5.78 Å². The standard InChI is InChI=1S/C18H24N2O/c1-12-7-8-15-16(10-12)19-14(3)18(15)17(21)11-20-9-5-4-6-13(20)2/h7-8,10,13,19H,4-6,9,11H2,1-3H3/p+1/t13-/m1/s1. The fraction of sp³-hybridized carbons (Fsp3) is 0.500. The van der Waals surface area contributed by atoms with E-state index in [0.29, 0.717) is 12.6 Å². The summed E-state index contributed by atoms with van der Waals surface area (Å²) in [6.45, 7) is 8.12. The van der Waals surface area contributed by atoms with E-state index < -0.39 is 0 Å². The highest BCUT2D eigenvalue weighted by molar-refractivity contribution is 6.09. The lowest BCUT2D eigenvalue weighted by Gasteiger charge is -2.29. The molecule has 0 spiro atoms. The van der Waals surface area contributed by atoms with Gasteiger partial charge in [0.2, 0.25) is 5.78 Å². The molecule has 1 aromatic heterocycles. The number of quaternary nitrogens is 1. The molecule has 21 heavy (non-hydrogen) atoms. The second-order valence-corrected chi connectivity index (χ2v) is 6.58. The first kappa shape index (κ1) is 14.3. The first-order chi connectivity index (χ1) is 10.1. The summed E-state index contributed by atoms with van der Waals surface area (Å²) in [5, 5.41) is 1.08. The Bertz CT molecular complexity index is 671. The minimum Gasteiger partial charge on any atom is -0.358 e. The third kappa shape index (κ3) is 2.75. The number of fused-ring (bicyclic) bond motifs is 1. The van der Waals surface area contributed by atoms with Gasteiger partial charge in [-0.25, -0.2) is 0 Å². The minimum absolute atomic E-state index is 0.284. The summed E-state index contributed by atoms with van der Waals surface area (Å²) < 4.78 is 0. The number of aromatic nitrogens is 1. The van der Waals surface area contributed by atoms with Crippen LogP contribution in [0.2, 0.25) is 0 Å². The largest absolute Gasteiger partial charge is 0.358 e. The average molecular weight is 285 g/mol. The van der Waals surface area contributed by atoms with Crippen LogP contribution in [0.25, 0.3) is 10.9 Å². The van der Waals surface area contributed by atoms with Crippen LogP contribution < -0.4 is 4.90 Å². The topological polar surface area (TPSA) is 37.3 Å². The number of piperidine rings is 1. The van der Waals surface area contributed by atoms with Crippen LogP contribution in [0.5, 0.6) is 0 Å². The zero-order chi connectivity index (χ0) is 15.0. The molecule has 3 heteroatoms. The van der Waals surface area contributed by atoms with Crippen molar-refractivity contribution < 1.29 is 9.69 Å². The van der Waals surface area contributed by atoms with Crippen molar-refractivity contribution in [3.63, 3.8) is 0 Å². The number of aryl methyl sites for hydroxylation is 2. The van der Waals surface area contributed by atoms with Crippen LogP contribution in [-0.4, -0.2) is 29.9 Å². The van der Waals surface area contributed by atoms with Gasteiger partial charge >= 0.3 is 0 Å². The molecule has 0 aliphatic carbocycles. The Labute approximate surface area is 126 Å². The summed E-state index contributed by atoms with van der Waals surface area (Å²) in [6, 6.07) is 6.89. The zero-order valence-corrected chi connectivity index (χ0v) is 13.3. The number of rotatable bonds is 3. The number of carbonyl (C=O) groups excluding carboxylic acids is 1. The van der Waals surface area contributed by atoms with Crippen LogP contribution in [0.15, 0.2) is 18.2 Å². The molecule has 1 saturated heterocycles. The van der Waals surface area contributed by atoms with Crippen LogP contribution >= 0.6 is 0 Å². The van der Waals surface area contributed by atoms with Crippen molar-refractivity contribution in [1.82, 2.24) is 4.98 Å². The van der Waals surface area contributed by atoms with Gasteiger partial charge in [0.1, 0.15) is 6.54 Å². The van der Waals surface area contributed by atoms with Crippen molar-refractivity contribution in [1.29, 1.82) is 0 Å². The molecular formula is C18H25N2O+. The van der Waals surface area contributed by atoms with Gasteiger partial charge in [0.25, 0.3) is 0 Å². The van der Waals surface area contributed by atoms with Crippen LogP contribution in [0, 0.1) is 13.8 Å². The number of hydrogen-bond donors (Lipinski definition) is 2. The van der Waals surface area contributed by atoms with E-state index in [1.165, 1.54) is 29.7 Å². The molecule has 0 bridgehead atoms. The normalized spacial score (nSPS) is 22.6. The van der Waals surface area contributed by atoms with E-state index in [2.05, 4.69) is 37.0 Å². The lowest BCUT2D eigenvalue weighted by atomic mass is 10.0. The van der Waals surface area contributed by atoms with Crippen LogP contribution in [0.4, 0.5) is 0 Å². The van der Waals surface area contributed by atoms with Crippen molar-refractivity contribution in [3.05, 3.63) is 35.0 Å².